The molecule has 0 spiro atoms. The molecule has 0 aromatic carbocycles. The Balaban J connectivity index is 2.10. The monoisotopic (exact) mass is 265 g/mol. The standard InChI is InChI=1S/C11H15N5OS/c1-7-4-9(17-3)5-8(13-7)6-18-11-15-14-10(12)16(11)2/h4-5H,6H2,1-3H3,(H2,12,14). The Morgan fingerprint density at radius 2 is 2.17 bits per heavy atom. The van der Waals surface area contributed by atoms with Gasteiger partial charge in [-0.05, 0) is 6.92 Å². The molecule has 0 radical (unpaired) electrons. The molecule has 0 aliphatic rings. The number of methoxy groups -OCH3 is 1. The molecule has 2 aromatic heterocycles. The molecule has 18 heavy (non-hydrogen) atoms. The number of pyridine rings is 1. The first kappa shape index (κ1) is 12.7. The van der Waals surface area contributed by atoms with Crippen LogP contribution in [-0.4, -0.2) is 26.9 Å². The van der Waals surface area contributed by atoms with Crippen LogP contribution in [0.3, 0.4) is 0 Å². The molecule has 2 N–H and O–H groups in total. The Hall–Kier alpha value is -1.76. The van der Waals surface area contributed by atoms with E-state index in [1.165, 1.54) is 0 Å². The van der Waals surface area contributed by atoms with E-state index in [1.807, 2.05) is 26.1 Å². The molecule has 2 rings (SSSR count). The summed E-state index contributed by atoms with van der Waals surface area (Å²) in [5.41, 5.74) is 7.50. The second-order valence-corrected chi connectivity index (χ2v) is 4.77. The molecule has 6 nitrogen and oxygen atoms in total. The number of aromatic nitrogens is 4. The number of rotatable bonds is 4. The summed E-state index contributed by atoms with van der Waals surface area (Å²) < 4.78 is 6.96. The van der Waals surface area contributed by atoms with Crippen molar-refractivity contribution in [3.05, 3.63) is 23.5 Å². The molecule has 0 amide bonds. The number of hydrogen-bond acceptors (Lipinski definition) is 6. The Morgan fingerprint density at radius 1 is 1.39 bits per heavy atom. The van der Waals surface area contributed by atoms with Crippen molar-refractivity contribution in [3.63, 3.8) is 0 Å². The van der Waals surface area contributed by atoms with Gasteiger partial charge >= 0.3 is 0 Å². The minimum Gasteiger partial charge on any atom is -0.497 e. The summed E-state index contributed by atoms with van der Waals surface area (Å²) in [5.74, 6) is 1.92. The molecule has 0 atom stereocenters. The van der Waals surface area contributed by atoms with Gasteiger partial charge in [-0.1, -0.05) is 11.8 Å². The fraction of sp³-hybridized carbons (Fsp3) is 0.364. The minimum absolute atomic E-state index is 0.410. The Kier molecular flexibility index (Phi) is 3.71. The number of hydrogen-bond donors (Lipinski definition) is 1. The maximum Gasteiger partial charge on any atom is 0.222 e. The fourth-order valence-electron chi connectivity index (χ4n) is 1.48. The van der Waals surface area contributed by atoms with E-state index in [0.717, 1.165) is 22.3 Å². The van der Waals surface area contributed by atoms with E-state index >= 15 is 0 Å². The van der Waals surface area contributed by atoms with Gasteiger partial charge in [-0.2, -0.15) is 0 Å². The van der Waals surface area contributed by atoms with Gasteiger partial charge < -0.3 is 10.5 Å². The molecule has 7 heteroatoms. The Bertz CT molecular complexity index is 554. The van der Waals surface area contributed by atoms with Crippen LogP contribution in [0.2, 0.25) is 0 Å². The number of nitrogens with zero attached hydrogens (tertiary/aromatic N) is 4. The van der Waals surface area contributed by atoms with E-state index in [2.05, 4.69) is 15.2 Å². The van der Waals surface area contributed by atoms with Crippen LogP contribution in [0.1, 0.15) is 11.4 Å². The summed E-state index contributed by atoms with van der Waals surface area (Å²) in [6, 6.07) is 3.81. The van der Waals surface area contributed by atoms with E-state index in [1.54, 1.807) is 23.4 Å². The Morgan fingerprint density at radius 3 is 2.78 bits per heavy atom. The quantitative estimate of drug-likeness (QED) is 0.842. The van der Waals surface area contributed by atoms with E-state index in [0.29, 0.717) is 11.7 Å². The third-order valence-corrected chi connectivity index (χ3v) is 3.49. The van der Waals surface area contributed by atoms with Gasteiger partial charge in [0.1, 0.15) is 5.75 Å². The summed E-state index contributed by atoms with van der Waals surface area (Å²) >= 11 is 1.54. The second kappa shape index (κ2) is 5.26. The molecule has 0 aliphatic carbocycles. The molecule has 0 bridgehead atoms. The number of thioether (sulfide) groups is 1. The van der Waals surface area contributed by atoms with Gasteiger partial charge in [0.15, 0.2) is 5.16 Å². The van der Waals surface area contributed by atoms with E-state index in [4.69, 9.17) is 10.5 Å². The van der Waals surface area contributed by atoms with Gasteiger partial charge in [0.2, 0.25) is 5.95 Å². The highest BCUT2D eigenvalue weighted by atomic mass is 32.2. The van der Waals surface area contributed by atoms with Crippen molar-refractivity contribution in [2.24, 2.45) is 7.05 Å². The summed E-state index contributed by atoms with van der Waals surface area (Å²) in [6.07, 6.45) is 0. The molecule has 96 valence electrons. The fourth-order valence-corrected chi connectivity index (χ4v) is 2.30. The average molecular weight is 265 g/mol. The SMILES string of the molecule is COc1cc(C)nc(CSc2nnc(N)n2C)c1. The maximum atomic E-state index is 5.62. The highest BCUT2D eigenvalue weighted by Gasteiger charge is 2.08. The molecule has 0 aliphatic heterocycles. The van der Waals surface area contributed by atoms with Gasteiger partial charge in [0, 0.05) is 30.6 Å². The zero-order valence-corrected chi connectivity index (χ0v) is 11.4. The highest BCUT2D eigenvalue weighted by Crippen LogP contribution is 2.23. The lowest BCUT2D eigenvalue weighted by molar-refractivity contribution is 0.413. The van der Waals surface area contributed by atoms with Crippen molar-refractivity contribution >= 4 is 17.7 Å². The summed E-state index contributed by atoms with van der Waals surface area (Å²) in [7, 11) is 3.48. The van der Waals surface area contributed by atoms with E-state index in [9.17, 15) is 0 Å². The first-order valence-electron chi connectivity index (χ1n) is 5.39. The van der Waals surface area contributed by atoms with E-state index in [-0.39, 0.29) is 0 Å². The molecular formula is C11H15N5OS. The summed E-state index contributed by atoms with van der Waals surface area (Å²) in [6.45, 7) is 1.94. The van der Waals surface area contributed by atoms with Crippen LogP contribution in [0, 0.1) is 6.92 Å². The first-order chi connectivity index (χ1) is 8.60. The predicted octanol–water partition coefficient (Wildman–Crippen LogP) is 1.40. The maximum absolute atomic E-state index is 5.62. The summed E-state index contributed by atoms with van der Waals surface area (Å²) in [5, 5.41) is 8.56. The largest absolute Gasteiger partial charge is 0.497 e. The molecule has 0 saturated carbocycles. The van der Waals surface area contributed by atoms with Crippen LogP contribution in [0.5, 0.6) is 5.75 Å². The lowest BCUT2D eigenvalue weighted by Gasteiger charge is -2.05. The van der Waals surface area contributed by atoms with Crippen molar-refractivity contribution in [1.82, 2.24) is 19.7 Å². The molecule has 0 saturated heterocycles. The number of ether oxygens (including phenoxy) is 1. The van der Waals surface area contributed by atoms with Crippen LogP contribution in [0.25, 0.3) is 0 Å². The van der Waals surface area contributed by atoms with Gasteiger partial charge in [0.25, 0.3) is 0 Å². The van der Waals surface area contributed by atoms with E-state index < -0.39 is 0 Å². The lowest BCUT2D eigenvalue weighted by atomic mass is 10.3. The average Bonchev–Trinajstić information content (AvgIpc) is 2.67. The molecule has 2 heterocycles. The predicted molar refractivity (Wildman–Crippen MR) is 70.5 cm³/mol. The van der Waals surface area contributed by atoms with Crippen LogP contribution in [-0.2, 0) is 12.8 Å². The topological polar surface area (TPSA) is 78.8 Å². The summed E-state index contributed by atoms with van der Waals surface area (Å²) in [4.78, 5) is 4.44. The lowest BCUT2D eigenvalue weighted by Crippen LogP contribution is -1.98. The van der Waals surface area contributed by atoms with Crippen molar-refractivity contribution in [3.8, 4) is 5.75 Å². The Labute approximate surface area is 110 Å². The zero-order chi connectivity index (χ0) is 13.1. The highest BCUT2D eigenvalue weighted by molar-refractivity contribution is 7.98. The van der Waals surface area contributed by atoms with Crippen LogP contribution in [0.4, 0.5) is 5.95 Å². The van der Waals surface area contributed by atoms with Gasteiger partial charge in [-0.15, -0.1) is 10.2 Å². The smallest absolute Gasteiger partial charge is 0.222 e. The van der Waals surface area contributed by atoms with Crippen LogP contribution in [0.15, 0.2) is 17.3 Å². The molecule has 0 unspecified atom stereocenters. The number of aryl methyl sites for hydroxylation is 1. The molecule has 0 fully saturated rings. The third kappa shape index (κ3) is 2.73. The van der Waals surface area contributed by atoms with Gasteiger partial charge in [-0.3, -0.25) is 9.55 Å². The van der Waals surface area contributed by atoms with Gasteiger partial charge in [-0.25, -0.2) is 0 Å². The molecular weight excluding hydrogens is 250 g/mol. The van der Waals surface area contributed by atoms with Crippen molar-refractivity contribution < 1.29 is 4.74 Å². The third-order valence-electron chi connectivity index (χ3n) is 2.43. The zero-order valence-electron chi connectivity index (χ0n) is 10.5. The van der Waals surface area contributed by atoms with Crippen molar-refractivity contribution in [2.75, 3.05) is 12.8 Å². The number of anilines is 1. The van der Waals surface area contributed by atoms with Crippen molar-refractivity contribution in [1.29, 1.82) is 0 Å². The first-order valence-corrected chi connectivity index (χ1v) is 6.38. The minimum atomic E-state index is 0.410. The normalized spacial score (nSPS) is 10.6. The van der Waals surface area contributed by atoms with Crippen LogP contribution < -0.4 is 10.5 Å². The molecule has 2 aromatic rings. The van der Waals surface area contributed by atoms with Gasteiger partial charge in [0.05, 0.1) is 12.8 Å². The van der Waals surface area contributed by atoms with Crippen molar-refractivity contribution in [2.45, 2.75) is 17.8 Å². The van der Waals surface area contributed by atoms with Crippen LogP contribution >= 0.6 is 11.8 Å². The second-order valence-electron chi connectivity index (χ2n) is 3.83. The number of nitrogen functional groups attached to an aromatic ring is 1. The number of nitrogens with two attached hydrogens (primary N) is 1.